The highest BCUT2D eigenvalue weighted by Crippen LogP contribution is 2.45. The van der Waals surface area contributed by atoms with E-state index in [4.69, 9.17) is 4.99 Å². The van der Waals surface area contributed by atoms with Crippen LogP contribution in [-0.4, -0.2) is 50.3 Å². The molecule has 0 atom stereocenters. The molecule has 0 saturated carbocycles. The van der Waals surface area contributed by atoms with Crippen LogP contribution in [0.25, 0.3) is 0 Å². The van der Waals surface area contributed by atoms with Gasteiger partial charge in [0, 0.05) is 43.8 Å². The van der Waals surface area contributed by atoms with Crippen molar-refractivity contribution < 1.29 is 4.58 Å². The molecular formula is C27H40N3Si+. The van der Waals surface area contributed by atoms with Gasteiger partial charge in [-0.3, -0.25) is 0 Å². The summed E-state index contributed by atoms with van der Waals surface area (Å²) in [5, 5.41) is 3.11. The van der Waals surface area contributed by atoms with Crippen molar-refractivity contribution in [2.45, 2.75) is 71.9 Å². The summed E-state index contributed by atoms with van der Waals surface area (Å²) in [5.74, 6) is 0. The number of benzene rings is 1. The lowest BCUT2D eigenvalue weighted by atomic mass is 10.1. The van der Waals surface area contributed by atoms with Crippen molar-refractivity contribution in [2.75, 3.05) is 31.1 Å². The molecule has 3 aliphatic rings. The smallest absolute Gasteiger partial charge is 0.199 e. The summed E-state index contributed by atoms with van der Waals surface area (Å²) >= 11 is 0. The summed E-state index contributed by atoms with van der Waals surface area (Å²) in [4.78, 5) is 7.68. The Kier molecular flexibility index (Phi) is 6.39. The second-order valence-corrected chi connectivity index (χ2v) is 15.0. The topological polar surface area (TPSA) is 18.6 Å². The Morgan fingerprint density at radius 2 is 1.65 bits per heavy atom. The van der Waals surface area contributed by atoms with E-state index < -0.39 is 8.07 Å². The highest BCUT2D eigenvalue weighted by molar-refractivity contribution is 7.04. The number of allylic oxidation sites excluding steroid dienone is 4. The van der Waals surface area contributed by atoms with E-state index in [2.05, 4.69) is 87.4 Å². The van der Waals surface area contributed by atoms with Crippen LogP contribution in [0.4, 0.5) is 11.4 Å². The standard InChI is InChI=1S/C27H40N3Si/c1-7-29(8-2)22-12-14-24-26(18-22)31(20(3)4,21(5)6)27-19-23(13-15-25(27)28-24)30-16-10-9-11-17-30/h12-15,18-21H,7-11,16-17H2,1-6H3/q+1. The van der Waals surface area contributed by atoms with Gasteiger partial charge in [0.1, 0.15) is 21.2 Å². The fraction of sp³-hybridized carbons (Fsp3) is 0.556. The molecule has 4 heteroatoms. The number of aliphatic imine (C=N–C) groups is 1. The van der Waals surface area contributed by atoms with Crippen molar-refractivity contribution >= 4 is 36.1 Å². The number of nitrogens with zero attached hydrogens (tertiary/aromatic N) is 3. The molecule has 2 heterocycles. The van der Waals surface area contributed by atoms with E-state index >= 15 is 0 Å². The van der Waals surface area contributed by atoms with E-state index in [-0.39, 0.29) is 0 Å². The normalized spacial score (nSPS) is 19.9. The van der Waals surface area contributed by atoms with Crippen LogP contribution in [0.15, 0.2) is 46.6 Å². The second kappa shape index (κ2) is 8.89. The summed E-state index contributed by atoms with van der Waals surface area (Å²) in [6.45, 7) is 18.8. The van der Waals surface area contributed by atoms with Crippen LogP contribution in [-0.2, 0) is 0 Å². The van der Waals surface area contributed by atoms with Gasteiger partial charge in [-0.1, -0.05) is 27.7 Å². The molecule has 1 saturated heterocycles. The first-order valence-electron chi connectivity index (χ1n) is 12.4. The molecule has 4 rings (SSSR count). The Morgan fingerprint density at radius 1 is 0.968 bits per heavy atom. The van der Waals surface area contributed by atoms with Crippen LogP contribution in [0, 0.1) is 0 Å². The molecule has 0 unspecified atom stereocenters. The number of rotatable bonds is 5. The van der Waals surface area contributed by atoms with Gasteiger partial charge in [0.25, 0.3) is 0 Å². The lowest BCUT2D eigenvalue weighted by Gasteiger charge is -2.45. The largest absolute Gasteiger partial charge is 0.372 e. The third kappa shape index (κ3) is 3.67. The Morgan fingerprint density at radius 3 is 2.26 bits per heavy atom. The van der Waals surface area contributed by atoms with Crippen molar-refractivity contribution in [1.29, 1.82) is 0 Å². The molecule has 31 heavy (non-hydrogen) atoms. The van der Waals surface area contributed by atoms with Gasteiger partial charge in [-0.2, -0.15) is 0 Å². The first-order valence-corrected chi connectivity index (χ1v) is 14.6. The van der Waals surface area contributed by atoms with Crippen LogP contribution in [0.1, 0.15) is 60.8 Å². The Hall–Kier alpha value is -1.94. The Labute approximate surface area is 190 Å². The minimum atomic E-state index is -2.02. The molecule has 2 aliphatic heterocycles. The predicted octanol–water partition coefficient (Wildman–Crippen LogP) is 5.77. The minimum Gasteiger partial charge on any atom is -0.372 e. The predicted molar refractivity (Wildman–Crippen MR) is 139 cm³/mol. The summed E-state index contributed by atoms with van der Waals surface area (Å²) in [6.07, 6.45) is 11.2. The van der Waals surface area contributed by atoms with E-state index in [0.717, 1.165) is 13.1 Å². The summed E-state index contributed by atoms with van der Waals surface area (Å²) < 4.78 is 2.60. The average molecular weight is 435 g/mol. The lowest BCUT2D eigenvalue weighted by Crippen LogP contribution is -2.59. The molecule has 1 aromatic carbocycles. The number of hydrogen-bond acceptors (Lipinski definition) is 2. The van der Waals surface area contributed by atoms with Crippen molar-refractivity contribution in [3.8, 4) is 0 Å². The van der Waals surface area contributed by atoms with Gasteiger partial charge in [0.15, 0.2) is 5.71 Å². The number of anilines is 1. The zero-order valence-corrected chi connectivity index (χ0v) is 21.4. The van der Waals surface area contributed by atoms with E-state index in [0.29, 0.717) is 11.1 Å². The first-order chi connectivity index (χ1) is 14.9. The van der Waals surface area contributed by atoms with Crippen molar-refractivity contribution in [3.05, 3.63) is 41.6 Å². The molecule has 166 valence electrons. The van der Waals surface area contributed by atoms with Gasteiger partial charge in [0.2, 0.25) is 0 Å². The van der Waals surface area contributed by atoms with Gasteiger partial charge in [-0.05, 0) is 66.0 Å². The zero-order chi connectivity index (χ0) is 22.2. The molecule has 0 amide bonds. The SMILES string of the molecule is CCN(CC)c1ccc2c(c1)[Si](C(C)C)(C(C)C)C1=CC(=[N+]3CCCCC3)C=CC1=N2. The fourth-order valence-electron chi connectivity index (χ4n) is 6.23. The molecule has 0 radical (unpaired) electrons. The zero-order valence-electron chi connectivity index (χ0n) is 20.4. The summed E-state index contributed by atoms with van der Waals surface area (Å²) in [7, 11) is -2.02. The third-order valence-electron chi connectivity index (χ3n) is 7.76. The van der Waals surface area contributed by atoms with E-state index in [1.807, 2.05) is 0 Å². The van der Waals surface area contributed by atoms with Gasteiger partial charge in [0.05, 0.1) is 11.4 Å². The van der Waals surface area contributed by atoms with Crippen molar-refractivity contribution in [3.63, 3.8) is 0 Å². The summed E-state index contributed by atoms with van der Waals surface area (Å²) in [5.41, 5.74) is 6.43. The number of fused-ring (bicyclic) bond motifs is 2. The minimum absolute atomic E-state index is 0.615. The molecule has 1 aromatic rings. The maximum Gasteiger partial charge on any atom is 0.199 e. The molecular weight excluding hydrogens is 394 g/mol. The van der Waals surface area contributed by atoms with Gasteiger partial charge < -0.3 is 4.90 Å². The molecule has 0 aromatic heterocycles. The lowest BCUT2D eigenvalue weighted by molar-refractivity contribution is -0.535. The maximum atomic E-state index is 5.21. The highest BCUT2D eigenvalue weighted by Gasteiger charge is 2.50. The van der Waals surface area contributed by atoms with Crippen molar-refractivity contribution in [1.82, 2.24) is 0 Å². The summed E-state index contributed by atoms with van der Waals surface area (Å²) in [6, 6.07) is 7.08. The first kappa shape index (κ1) is 22.3. The van der Waals surface area contributed by atoms with E-state index in [1.54, 1.807) is 10.4 Å². The third-order valence-corrected chi connectivity index (χ3v) is 14.0. The monoisotopic (exact) mass is 434 g/mol. The molecule has 1 fully saturated rings. The van der Waals surface area contributed by atoms with Gasteiger partial charge in [-0.15, -0.1) is 0 Å². The quantitative estimate of drug-likeness (QED) is 0.327. The molecule has 0 N–H and O–H groups in total. The number of hydrogen-bond donors (Lipinski definition) is 0. The second-order valence-electron chi connectivity index (χ2n) is 9.91. The number of piperidine rings is 1. The van der Waals surface area contributed by atoms with Crippen LogP contribution >= 0.6 is 0 Å². The fourth-order valence-corrected chi connectivity index (χ4v) is 12.2. The maximum absolute atomic E-state index is 5.21. The Balaban J connectivity index is 1.95. The Bertz CT molecular complexity index is 945. The van der Waals surface area contributed by atoms with E-state index in [1.165, 1.54) is 55.2 Å². The van der Waals surface area contributed by atoms with Crippen LogP contribution in [0.2, 0.25) is 11.1 Å². The molecule has 0 bridgehead atoms. The molecule has 0 spiro atoms. The average Bonchev–Trinajstić information content (AvgIpc) is 2.78. The highest BCUT2D eigenvalue weighted by atomic mass is 28.3. The van der Waals surface area contributed by atoms with Gasteiger partial charge >= 0.3 is 0 Å². The molecule has 1 aliphatic carbocycles. The molecule has 3 nitrogen and oxygen atoms in total. The van der Waals surface area contributed by atoms with Crippen LogP contribution < -0.4 is 10.1 Å². The van der Waals surface area contributed by atoms with Gasteiger partial charge in [-0.25, -0.2) is 9.57 Å². The van der Waals surface area contributed by atoms with Crippen LogP contribution in [0.5, 0.6) is 0 Å². The van der Waals surface area contributed by atoms with Crippen molar-refractivity contribution in [2.24, 2.45) is 4.99 Å². The van der Waals surface area contributed by atoms with Crippen LogP contribution in [0.3, 0.4) is 0 Å². The van der Waals surface area contributed by atoms with E-state index in [9.17, 15) is 0 Å².